The summed E-state index contributed by atoms with van der Waals surface area (Å²) in [6.07, 6.45) is 0. The fourth-order valence-electron chi connectivity index (χ4n) is 2.41. The molecule has 2 nitrogen and oxygen atoms in total. The zero-order valence-corrected chi connectivity index (χ0v) is 12.4. The van der Waals surface area contributed by atoms with E-state index in [0.29, 0.717) is 5.69 Å². The summed E-state index contributed by atoms with van der Waals surface area (Å²) in [5, 5.41) is 3.23. The molecule has 2 aromatic carbocycles. The van der Waals surface area contributed by atoms with Gasteiger partial charge in [-0.1, -0.05) is 35.9 Å². The number of hydrogen-bond acceptors (Lipinski definition) is 2. The minimum Gasteiger partial charge on any atom is -0.433 e. The monoisotopic (exact) mass is 291 g/mol. The molecule has 1 atom stereocenters. The van der Waals surface area contributed by atoms with Crippen LogP contribution in [0.1, 0.15) is 29.7 Å². The van der Waals surface area contributed by atoms with E-state index >= 15 is 0 Å². The van der Waals surface area contributed by atoms with Crippen LogP contribution >= 0.6 is 0 Å². The van der Waals surface area contributed by atoms with Gasteiger partial charge in [0, 0.05) is 6.04 Å². The molecule has 112 valence electrons. The molecule has 2 aromatic rings. The largest absolute Gasteiger partial charge is 0.433 e. The maximum absolute atomic E-state index is 12.4. The van der Waals surface area contributed by atoms with Crippen LogP contribution in [0, 0.1) is 13.8 Å². The lowest BCUT2D eigenvalue weighted by Gasteiger charge is -2.20. The maximum atomic E-state index is 12.4. The van der Waals surface area contributed by atoms with Crippen molar-refractivity contribution < 1.29 is 13.5 Å². The molecule has 0 saturated carbocycles. The van der Waals surface area contributed by atoms with Gasteiger partial charge in [0.2, 0.25) is 0 Å². The summed E-state index contributed by atoms with van der Waals surface area (Å²) in [6.45, 7) is 3.25. The molecule has 21 heavy (non-hydrogen) atoms. The zero-order valence-electron chi connectivity index (χ0n) is 12.4. The highest BCUT2D eigenvalue weighted by molar-refractivity contribution is 5.57. The van der Waals surface area contributed by atoms with Crippen LogP contribution in [0.4, 0.5) is 14.5 Å². The fraction of sp³-hybridized carbons (Fsp3) is 0.294. The second-order valence-corrected chi connectivity index (χ2v) is 5.10. The lowest BCUT2D eigenvalue weighted by Crippen LogP contribution is -2.11. The predicted octanol–water partition coefficient (Wildman–Crippen LogP) is 5.08. The third-order valence-corrected chi connectivity index (χ3v) is 3.37. The first-order valence-corrected chi connectivity index (χ1v) is 6.85. The molecule has 1 N–H and O–H groups in total. The van der Waals surface area contributed by atoms with Crippen molar-refractivity contribution in [3.05, 3.63) is 59.2 Å². The van der Waals surface area contributed by atoms with Gasteiger partial charge in [0.1, 0.15) is 5.75 Å². The SMILES string of the molecule is Cc1ccc(C(C)Nc2ccccc2OC(F)F)c(C)c1. The summed E-state index contributed by atoms with van der Waals surface area (Å²) in [5.74, 6) is 0.157. The number of alkyl halides is 2. The molecule has 0 spiro atoms. The molecule has 0 aliphatic carbocycles. The molecule has 4 heteroatoms. The van der Waals surface area contributed by atoms with Crippen molar-refractivity contribution in [3.8, 4) is 5.75 Å². The maximum Gasteiger partial charge on any atom is 0.387 e. The first-order chi connectivity index (χ1) is 9.97. The van der Waals surface area contributed by atoms with E-state index in [4.69, 9.17) is 0 Å². The second kappa shape index (κ2) is 6.57. The van der Waals surface area contributed by atoms with Crippen LogP contribution in [0.2, 0.25) is 0 Å². The molecule has 0 radical (unpaired) electrons. The number of nitrogens with one attached hydrogen (secondary N) is 1. The van der Waals surface area contributed by atoms with Crippen LogP contribution in [-0.2, 0) is 0 Å². The Morgan fingerprint density at radius 2 is 1.76 bits per heavy atom. The third kappa shape index (κ3) is 3.94. The molecule has 0 amide bonds. The van der Waals surface area contributed by atoms with E-state index < -0.39 is 6.61 Å². The van der Waals surface area contributed by atoms with Gasteiger partial charge in [0.05, 0.1) is 5.69 Å². The van der Waals surface area contributed by atoms with E-state index in [1.54, 1.807) is 18.2 Å². The molecule has 0 saturated heterocycles. The molecule has 2 rings (SSSR count). The molecule has 0 aliphatic rings. The van der Waals surface area contributed by atoms with Crippen molar-refractivity contribution in [3.63, 3.8) is 0 Å². The van der Waals surface area contributed by atoms with E-state index in [9.17, 15) is 8.78 Å². The molecular weight excluding hydrogens is 272 g/mol. The van der Waals surface area contributed by atoms with Gasteiger partial charge in [-0.15, -0.1) is 0 Å². The number of ether oxygens (including phenoxy) is 1. The molecule has 1 unspecified atom stereocenters. The van der Waals surface area contributed by atoms with E-state index in [1.165, 1.54) is 17.2 Å². The smallest absolute Gasteiger partial charge is 0.387 e. The summed E-state index contributed by atoms with van der Waals surface area (Å²) in [6, 6.07) is 12.9. The van der Waals surface area contributed by atoms with Crippen LogP contribution in [0.15, 0.2) is 42.5 Å². The number of aryl methyl sites for hydroxylation is 2. The van der Waals surface area contributed by atoms with Crippen LogP contribution in [0.25, 0.3) is 0 Å². The van der Waals surface area contributed by atoms with Gasteiger partial charge in [-0.3, -0.25) is 0 Å². The van der Waals surface area contributed by atoms with Gasteiger partial charge in [-0.25, -0.2) is 0 Å². The summed E-state index contributed by atoms with van der Waals surface area (Å²) in [7, 11) is 0. The fourth-order valence-corrected chi connectivity index (χ4v) is 2.41. The molecule has 0 heterocycles. The van der Waals surface area contributed by atoms with Gasteiger partial charge in [-0.05, 0) is 44.0 Å². The van der Waals surface area contributed by atoms with E-state index in [-0.39, 0.29) is 11.8 Å². The highest BCUT2D eigenvalue weighted by atomic mass is 19.3. The standard InChI is InChI=1S/C17H19F2NO/c1-11-8-9-14(12(2)10-11)13(3)20-15-6-4-5-7-16(15)21-17(18)19/h4-10,13,17,20H,1-3H3. The number of para-hydroxylation sites is 2. The number of benzene rings is 2. The Bertz CT molecular complexity index is 613. The molecule has 0 aliphatic heterocycles. The lowest BCUT2D eigenvalue weighted by atomic mass is 10.00. The normalized spacial score (nSPS) is 12.3. The molecule has 0 aromatic heterocycles. The van der Waals surface area contributed by atoms with Crippen LogP contribution in [0.5, 0.6) is 5.75 Å². The number of anilines is 1. The van der Waals surface area contributed by atoms with Crippen molar-refractivity contribution >= 4 is 5.69 Å². The summed E-state index contributed by atoms with van der Waals surface area (Å²) in [5.41, 5.74) is 4.06. The minimum atomic E-state index is -2.83. The highest BCUT2D eigenvalue weighted by Crippen LogP contribution is 2.30. The summed E-state index contributed by atoms with van der Waals surface area (Å²) in [4.78, 5) is 0. The van der Waals surface area contributed by atoms with Crippen LogP contribution < -0.4 is 10.1 Å². The van der Waals surface area contributed by atoms with Crippen molar-refractivity contribution in [2.45, 2.75) is 33.4 Å². The van der Waals surface area contributed by atoms with Crippen molar-refractivity contribution in [2.24, 2.45) is 0 Å². The average molecular weight is 291 g/mol. The van der Waals surface area contributed by atoms with E-state index in [1.807, 2.05) is 26.8 Å². The van der Waals surface area contributed by atoms with Gasteiger partial charge in [-0.2, -0.15) is 8.78 Å². The molecular formula is C17H19F2NO. The van der Waals surface area contributed by atoms with Crippen LogP contribution in [0.3, 0.4) is 0 Å². The second-order valence-electron chi connectivity index (χ2n) is 5.10. The summed E-state index contributed by atoms with van der Waals surface area (Å²) < 4.78 is 29.4. The van der Waals surface area contributed by atoms with Crippen LogP contribution in [-0.4, -0.2) is 6.61 Å². The van der Waals surface area contributed by atoms with Gasteiger partial charge < -0.3 is 10.1 Å². The molecule has 0 fully saturated rings. The first kappa shape index (κ1) is 15.3. The Morgan fingerprint density at radius 1 is 1.05 bits per heavy atom. The van der Waals surface area contributed by atoms with Gasteiger partial charge >= 0.3 is 6.61 Å². The Kier molecular flexibility index (Phi) is 4.78. The quantitative estimate of drug-likeness (QED) is 0.829. The lowest BCUT2D eigenvalue weighted by molar-refractivity contribution is -0.0493. The van der Waals surface area contributed by atoms with Crippen molar-refractivity contribution in [2.75, 3.05) is 5.32 Å². The Morgan fingerprint density at radius 3 is 2.43 bits per heavy atom. The highest BCUT2D eigenvalue weighted by Gasteiger charge is 2.13. The topological polar surface area (TPSA) is 21.3 Å². The molecule has 0 bridgehead atoms. The van der Waals surface area contributed by atoms with E-state index in [2.05, 4.69) is 22.2 Å². The number of hydrogen-bond donors (Lipinski definition) is 1. The Hall–Kier alpha value is -2.10. The Labute approximate surface area is 123 Å². The minimum absolute atomic E-state index is 0.00646. The third-order valence-electron chi connectivity index (χ3n) is 3.37. The zero-order chi connectivity index (χ0) is 15.4. The first-order valence-electron chi connectivity index (χ1n) is 6.85. The number of halogens is 2. The van der Waals surface area contributed by atoms with Gasteiger partial charge in [0.25, 0.3) is 0 Å². The Balaban J connectivity index is 2.21. The van der Waals surface area contributed by atoms with E-state index in [0.717, 1.165) is 5.56 Å². The van der Waals surface area contributed by atoms with Gasteiger partial charge in [0.15, 0.2) is 0 Å². The predicted molar refractivity (Wildman–Crippen MR) is 81.0 cm³/mol. The summed E-state index contributed by atoms with van der Waals surface area (Å²) >= 11 is 0. The average Bonchev–Trinajstić information content (AvgIpc) is 2.40. The van der Waals surface area contributed by atoms with Crippen molar-refractivity contribution in [1.82, 2.24) is 0 Å². The van der Waals surface area contributed by atoms with Crippen molar-refractivity contribution in [1.29, 1.82) is 0 Å². The number of rotatable bonds is 5.